The third-order valence-electron chi connectivity index (χ3n) is 0.281. The lowest BCUT2D eigenvalue weighted by atomic mass is 10.1. The summed E-state index contributed by atoms with van der Waals surface area (Å²) in [5.74, 6) is 0. The predicted molar refractivity (Wildman–Crippen MR) is 25.5 cm³/mol. The Hall–Kier alpha value is 0.315. The highest BCUT2D eigenvalue weighted by Gasteiger charge is 1.72. The maximum atomic E-state index is 5.11. The van der Waals surface area contributed by atoms with Gasteiger partial charge in [-0.15, -0.1) is 0 Å². The quantitative estimate of drug-likeness (QED) is 0.472. The minimum Gasteiger partial charge on any atom is -0.326 e. The molecule has 0 aliphatic rings. The Bertz CT molecular complexity index is 17.1. The van der Waals surface area contributed by atoms with E-state index < -0.39 is 0 Å². The molecule has 0 fully saturated rings. The largest absolute Gasteiger partial charge is 0.326 e. The van der Waals surface area contributed by atoms with Crippen LogP contribution < -0.4 is 5.32 Å². The predicted octanol–water partition coefficient (Wildman–Crippen LogP) is 0.0213. The summed E-state index contributed by atoms with van der Waals surface area (Å²) < 4.78 is 0. The van der Waals surface area contributed by atoms with E-state index in [4.69, 9.17) is 11.5 Å². The number of nitrogens with one attached hydrogen (secondary N) is 1. The van der Waals surface area contributed by atoms with E-state index in [1.54, 1.807) is 6.69 Å². The van der Waals surface area contributed by atoms with Crippen molar-refractivity contribution in [3.8, 4) is 0 Å². The van der Waals surface area contributed by atoms with Gasteiger partial charge < -0.3 is 5.32 Å². The molecule has 0 heterocycles. The zero-order valence-corrected chi connectivity index (χ0v) is 3.92. The molecular formula is C2H6BClN. The molecule has 0 aliphatic heterocycles. The van der Waals surface area contributed by atoms with Crippen LogP contribution in [0.5, 0.6) is 0 Å². The number of hydrogen-bond acceptors (Lipinski definition) is 1. The minimum absolute atomic E-state index is 0.779. The van der Waals surface area contributed by atoms with E-state index in [1.165, 1.54) is 0 Å². The van der Waals surface area contributed by atoms with Crippen molar-refractivity contribution < 1.29 is 0 Å². The Kier molecular flexibility index (Phi) is 4.59. The van der Waals surface area contributed by atoms with Crippen LogP contribution in [0.1, 0.15) is 0 Å². The van der Waals surface area contributed by atoms with Gasteiger partial charge in [-0.05, 0) is 13.5 Å². The lowest BCUT2D eigenvalue weighted by Crippen LogP contribution is -2.10. The third-order valence-corrected chi connectivity index (χ3v) is 0.436. The summed E-state index contributed by atoms with van der Waals surface area (Å²) in [6.45, 7) is 1.54. The summed E-state index contributed by atoms with van der Waals surface area (Å²) in [4.78, 5) is 0. The van der Waals surface area contributed by atoms with Crippen LogP contribution in [0.25, 0.3) is 0 Å². The average molecular weight is 90.3 g/mol. The van der Waals surface area contributed by atoms with Gasteiger partial charge in [0.05, 0.1) is 0 Å². The summed E-state index contributed by atoms with van der Waals surface area (Å²) in [5.41, 5.74) is 0. The van der Waals surface area contributed by atoms with Gasteiger partial charge in [-0.25, -0.2) is 11.5 Å². The molecule has 1 N–H and O–H groups in total. The molecule has 0 aromatic carbocycles. The van der Waals surface area contributed by atoms with E-state index >= 15 is 0 Å². The maximum absolute atomic E-state index is 5.11. The van der Waals surface area contributed by atoms with E-state index in [9.17, 15) is 0 Å². The first kappa shape index (κ1) is 5.31. The van der Waals surface area contributed by atoms with E-state index in [2.05, 4.69) is 5.32 Å². The number of hydrogen-bond donors (Lipinski definition) is 1. The van der Waals surface area contributed by atoms with Crippen LogP contribution in [0.15, 0.2) is 0 Å². The van der Waals surface area contributed by atoms with Crippen LogP contribution in [0.2, 0.25) is 0 Å². The monoisotopic (exact) mass is 90.0 g/mol. The Balaban J connectivity index is 2.19. The number of halogens is 1. The van der Waals surface area contributed by atoms with Crippen LogP contribution >= 0.6 is 11.5 Å². The van der Waals surface area contributed by atoms with E-state index in [0.717, 1.165) is 6.44 Å². The van der Waals surface area contributed by atoms with Crippen molar-refractivity contribution in [2.75, 3.05) is 13.5 Å². The van der Waals surface area contributed by atoms with Gasteiger partial charge in [0.25, 0.3) is 6.69 Å². The first-order valence-corrected chi connectivity index (χ1v) is 1.92. The highest BCUT2D eigenvalue weighted by molar-refractivity contribution is 6.93. The molecule has 0 amide bonds. The van der Waals surface area contributed by atoms with Crippen LogP contribution in [0.4, 0.5) is 0 Å². The van der Waals surface area contributed by atoms with Crippen molar-refractivity contribution in [1.82, 2.24) is 5.32 Å². The smallest absolute Gasteiger partial charge is 0.253 e. The molecule has 0 aromatic heterocycles. The Labute approximate surface area is 37.9 Å². The second-order valence-electron chi connectivity index (χ2n) is 0.712. The van der Waals surface area contributed by atoms with E-state index in [-0.39, 0.29) is 0 Å². The van der Waals surface area contributed by atoms with Gasteiger partial charge >= 0.3 is 0 Å². The molecule has 0 rings (SSSR count). The van der Waals surface area contributed by atoms with Crippen molar-refractivity contribution >= 4 is 18.2 Å². The van der Waals surface area contributed by atoms with Crippen molar-refractivity contribution in [2.24, 2.45) is 0 Å². The van der Waals surface area contributed by atoms with Gasteiger partial charge in [-0.3, -0.25) is 0 Å². The summed E-state index contributed by atoms with van der Waals surface area (Å²) in [6.07, 6.45) is 0.779. The second kappa shape index (κ2) is 4.31. The van der Waals surface area contributed by atoms with Crippen molar-refractivity contribution in [1.29, 1.82) is 0 Å². The number of rotatable bonds is 2. The fourth-order valence-corrected chi connectivity index (χ4v) is 0.231. The second-order valence-corrected chi connectivity index (χ2v) is 1.02. The zero-order chi connectivity index (χ0) is 4.12. The van der Waals surface area contributed by atoms with Crippen LogP contribution in [-0.4, -0.2) is 20.2 Å². The molecule has 0 bridgehead atoms. The van der Waals surface area contributed by atoms with Crippen molar-refractivity contribution in [2.45, 2.75) is 0 Å². The first-order chi connectivity index (χ1) is 2.41. The van der Waals surface area contributed by atoms with Gasteiger partial charge in [-0.1, -0.05) is 0 Å². The molecule has 0 atom stereocenters. The molecule has 0 saturated heterocycles. The third kappa shape index (κ3) is 4.31. The topological polar surface area (TPSA) is 12.0 Å². The van der Waals surface area contributed by atoms with Crippen molar-refractivity contribution in [3.63, 3.8) is 0 Å². The SMILES string of the molecule is CNC[B]Cl. The van der Waals surface area contributed by atoms with Gasteiger partial charge in [0.15, 0.2) is 0 Å². The molecule has 0 saturated carbocycles. The maximum Gasteiger partial charge on any atom is 0.253 e. The lowest BCUT2D eigenvalue weighted by molar-refractivity contribution is 0.972. The molecule has 29 valence electrons. The molecule has 3 heteroatoms. The molecule has 0 spiro atoms. The van der Waals surface area contributed by atoms with Gasteiger partial charge in [0.2, 0.25) is 0 Å². The van der Waals surface area contributed by atoms with Gasteiger partial charge in [0.1, 0.15) is 0 Å². The molecule has 0 unspecified atom stereocenters. The Morgan fingerprint density at radius 3 is 2.60 bits per heavy atom. The Morgan fingerprint density at radius 2 is 2.60 bits per heavy atom. The fraction of sp³-hybridized carbons (Fsp3) is 1.00. The standard InChI is InChI=1S/C2H6BClN/c1-5-2-3-4/h5H,2H2,1H3. The molecule has 0 aliphatic carbocycles. The van der Waals surface area contributed by atoms with Crippen LogP contribution in [0.3, 0.4) is 0 Å². The average Bonchev–Trinajstić information content (AvgIpc) is 1.41. The molecule has 5 heavy (non-hydrogen) atoms. The Morgan fingerprint density at radius 1 is 2.00 bits per heavy atom. The van der Waals surface area contributed by atoms with E-state index in [1.807, 2.05) is 7.05 Å². The summed E-state index contributed by atoms with van der Waals surface area (Å²) in [5, 5.41) is 2.83. The van der Waals surface area contributed by atoms with Gasteiger partial charge in [0, 0.05) is 0 Å². The molecule has 0 aromatic rings. The molecular weight excluding hydrogens is 84.3 g/mol. The van der Waals surface area contributed by atoms with E-state index in [0.29, 0.717) is 0 Å². The minimum atomic E-state index is 0.779. The van der Waals surface area contributed by atoms with Crippen LogP contribution in [0, 0.1) is 0 Å². The lowest BCUT2D eigenvalue weighted by Gasteiger charge is -1.80. The molecule has 1 nitrogen and oxygen atoms in total. The summed E-state index contributed by atoms with van der Waals surface area (Å²) >= 11 is 5.11. The summed E-state index contributed by atoms with van der Waals surface area (Å²) in [6, 6.07) is 0. The highest BCUT2D eigenvalue weighted by Crippen LogP contribution is 1.58. The normalized spacial score (nSPS) is 7.60. The van der Waals surface area contributed by atoms with Crippen molar-refractivity contribution in [3.05, 3.63) is 0 Å². The highest BCUT2D eigenvalue weighted by atomic mass is 35.5. The van der Waals surface area contributed by atoms with Crippen LogP contribution in [-0.2, 0) is 0 Å². The van der Waals surface area contributed by atoms with Gasteiger partial charge in [-0.2, -0.15) is 0 Å². The molecule has 1 radical (unpaired) electrons. The fourth-order valence-electron chi connectivity index (χ4n) is 0.0772. The first-order valence-electron chi connectivity index (χ1n) is 1.48. The summed E-state index contributed by atoms with van der Waals surface area (Å²) in [7, 11) is 1.85. The zero-order valence-electron chi connectivity index (χ0n) is 3.16.